The summed E-state index contributed by atoms with van der Waals surface area (Å²) in [5.74, 6) is -1.01. The molecule has 158 valence electrons. The van der Waals surface area contributed by atoms with Gasteiger partial charge in [-0.3, -0.25) is 0 Å². The molecule has 2 atom stereocenters. The molecule has 0 radical (unpaired) electrons. The van der Waals surface area contributed by atoms with Crippen LogP contribution in [-0.4, -0.2) is 31.4 Å². The Morgan fingerprint density at radius 1 is 0.833 bits per heavy atom. The van der Waals surface area contributed by atoms with Crippen molar-refractivity contribution in [1.29, 1.82) is 0 Å². The molecule has 3 rings (SSSR count). The molecule has 3 nitrogen and oxygen atoms in total. The lowest BCUT2D eigenvalue weighted by Crippen LogP contribution is -3.08. The molecule has 0 aliphatic rings. The second-order valence-corrected chi connectivity index (χ2v) is 7.44. The zero-order chi connectivity index (χ0) is 21.5. The highest BCUT2D eigenvalue weighted by Crippen LogP contribution is 2.26. The van der Waals surface area contributed by atoms with Crippen LogP contribution in [0.4, 0.5) is 13.2 Å². The molecule has 3 aromatic carbocycles. The molecule has 0 heterocycles. The number of rotatable bonds is 9. The number of hydrogen-bond acceptors (Lipinski definition) is 2. The first-order chi connectivity index (χ1) is 14.4. The first-order valence-electron chi connectivity index (χ1n) is 9.77. The normalized spacial score (nSPS) is 13.4. The van der Waals surface area contributed by atoms with Crippen LogP contribution in [0.15, 0.2) is 72.8 Å². The van der Waals surface area contributed by atoms with Crippen molar-refractivity contribution in [2.45, 2.75) is 18.8 Å². The molecule has 0 fully saturated rings. The maximum Gasteiger partial charge on any atom is 0.126 e. The summed E-state index contributed by atoms with van der Waals surface area (Å²) in [6.07, 6.45) is -1.33. The van der Waals surface area contributed by atoms with E-state index < -0.39 is 12.2 Å². The van der Waals surface area contributed by atoms with E-state index in [0.717, 1.165) is 10.5 Å². The molecule has 0 spiro atoms. The van der Waals surface area contributed by atoms with Crippen LogP contribution in [0.5, 0.6) is 0 Å². The molecule has 0 aromatic heterocycles. The highest BCUT2D eigenvalue weighted by Gasteiger charge is 2.19. The van der Waals surface area contributed by atoms with E-state index in [4.69, 9.17) is 4.74 Å². The third-order valence-electron chi connectivity index (χ3n) is 4.78. The Morgan fingerprint density at radius 2 is 1.40 bits per heavy atom. The van der Waals surface area contributed by atoms with Crippen LogP contribution in [-0.2, 0) is 11.3 Å². The van der Waals surface area contributed by atoms with Crippen LogP contribution >= 0.6 is 0 Å². The number of ether oxygens (including phenoxy) is 1. The van der Waals surface area contributed by atoms with Gasteiger partial charge in [0.1, 0.15) is 42.7 Å². The van der Waals surface area contributed by atoms with Gasteiger partial charge in [-0.2, -0.15) is 0 Å². The van der Waals surface area contributed by atoms with E-state index in [9.17, 15) is 18.3 Å². The van der Waals surface area contributed by atoms with Crippen LogP contribution < -0.4 is 4.90 Å². The zero-order valence-electron chi connectivity index (χ0n) is 16.7. The minimum Gasteiger partial charge on any atom is -0.385 e. The summed E-state index contributed by atoms with van der Waals surface area (Å²) in [6.45, 7) is 1.00. The SMILES string of the molecule is C[NH+](Cc1cccc(F)c1)C[C@@H](O)COC(c1ccc(F)cc1)c1ccc(F)cc1. The molecular formula is C24H25F3NO2+. The molecule has 3 aromatic rings. The summed E-state index contributed by atoms with van der Waals surface area (Å²) >= 11 is 0. The molecular weight excluding hydrogens is 391 g/mol. The third kappa shape index (κ3) is 6.42. The molecule has 0 amide bonds. The average molecular weight is 416 g/mol. The Morgan fingerprint density at radius 3 is 1.93 bits per heavy atom. The number of nitrogens with one attached hydrogen (secondary N) is 1. The quantitative estimate of drug-likeness (QED) is 0.561. The maximum absolute atomic E-state index is 13.3. The zero-order valence-corrected chi connectivity index (χ0v) is 16.7. The van der Waals surface area contributed by atoms with E-state index in [1.165, 1.54) is 36.4 Å². The van der Waals surface area contributed by atoms with Crippen molar-refractivity contribution in [3.8, 4) is 0 Å². The monoisotopic (exact) mass is 416 g/mol. The molecule has 30 heavy (non-hydrogen) atoms. The molecule has 2 N–H and O–H groups in total. The van der Waals surface area contributed by atoms with Crippen LogP contribution in [0.1, 0.15) is 22.8 Å². The van der Waals surface area contributed by atoms with Crippen molar-refractivity contribution in [2.75, 3.05) is 20.2 Å². The van der Waals surface area contributed by atoms with Crippen molar-refractivity contribution in [1.82, 2.24) is 0 Å². The van der Waals surface area contributed by atoms with Gasteiger partial charge in [-0.1, -0.05) is 36.4 Å². The van der Waals surface area contributed by atoms with Crippen molar-refractivity contribution in [2.24, 2.45) is 0 Å². The van der Waals surface area contributed by atoms with E-state index in [0.29, 0.717) is 24.2 Å². The lowest BCUT2D eigenvalue weighted by Gasteiger charge is -2.23. The van der Waals surface area contributed by atoms with Gasteiger partial charge in [0.25, 0.3) is 0 Å². The average Bonchev–Trinajstić information content (AvgIpc) is 2.70. The molecule has 0 saturated heterocycles. The topological polar surface area (TPSA) is 33.9 Å². The van der Waals surface area contributed by atoms with Gasteiger partial charge in [0, 0.05) is 5.56 Å². The number of hydrogen-bond donors (Lipinski definition) is 2. The Balaban J connectivity index is 1.62. The van der Waals surface area contributed by atoms with Gasteiger partial charge in [0.05, 0.1) is 13.7 Å². The van der Waals surface area contributed by atoms with Crippen LogP contribution in [0.2, 0.25) is 0 Å². The fourth-order valence-corrected chi connectivity index (χ4v) is 3.40. The lowest BCUT2D eigenvalue weighted by molar-refractivity contribution is -0.897. The molecule has 0 bridgehead atoms. The summed E-state index contributed by atoms with van der Waals surface area (Å²) in [5, 5.41) is 10.4. The predicted molar refractivity (Wildman–Crippen MR) is 108 cm³/mol. The second-order valence-electron chi connectivity index (χ2n) is 7.44. The van der Waals surface area contributed by atoms with Crippen LogP contribution in [0.3, 0.4) is 0 Å². The fourth-order valence-electron chi connectivity index (χ4n) is 3.40. The number of quaternary nitrogens is 1. The van der Waals surface area contributed by atoms with Gasteiger partial charge in [-0.15, -0.1) is 0 Å². The van der Waals surface area contributed by atoms with E-state index in [2.05, 4.69) is 0 Å². The lowest BCUT2D eigenvalue weighted by atomic mass is 10.0. The molecule has 0 aliphatic carbocycles. The number of aliphatic hydroxyl groups is 1. The van der Waals surface area contributed by atoms with E-state index in [1.807, 2.05) is 13.1 Å². The molecule has 0 saturated carbocycles. The number of halogens is 3. The van der Waals surface area contributed by atoms with Crippen molar-refractivity contribution >= 4 is 0 Å². The second kappa shape index (κ2) is 10.4. The predicted octanol–water partition coefficient (Wildman–Crippen LogP) is 3.29. The van der Waals surface area contributed by atoms with E-state index in [1.54, 1.807) is 30.3 Å². The molecule has 6 heteroatoms. The summed E-state index contributed by atoms with van der Waals surface area (Å²) in [6, 6.07) is 18.2. The van der Waals surface area contributed by atoms with Gasteiger partial charge in [-0.05, 0) is 47.5 Å². The highest BCUT2D eigenvalue weighted by atomic mass is 19.1. The first kappa shape index (κ1) is 22.0. The molecule has 0 aliphatic heterocycles. The largest absolute Gasteiger partial charge is 0.385 e. The summed E-state index contributed by atoms with van der Waals surface area (Å²) in [4.78, 5) is 0.997. The fraction of sp³-hybridized carbons (Fsp3) is 0.250. The summed E-state index contributed by atoms with van der Waals surface area (Å²) in [7, 11) is 1.91. The van der Waals surface area contributed by atoms with Gasteiger partial charge < -0.3 is 14.7 Å². The first-order valence-corrected chi connectivity index (χ1v) is 9.77. The van der Waals surface area contributed by atoms with Crippen LogP contribution in [0, 0.1) is 17.5 Å². The smallest absolute Gasteiger partial charge is 0.126 e. The van der Waals surface area contributed by atoms with Crippen molar-refractivity contribution in [3.63, 3.8) is 0 Å². The Hall–Kier alpha value is -2.67. The highest BCUT2D eigenvalue weighted by molar-refractivity contribution is 5.30. The van der Waals surface area contributed by atoms with E-state index in [-0.39, 0.29) is 24.1 Å². The minimum absolute atomic E-state index is 0.0416. The molecule has 1 unspecified atom stereocenters. The van der Waals surface area contributed by atoms with Gasteiger partial charge >= 0.3 is 0 Å². The van der Waals surface area contributed by atoms with Crippen molar-refractivity contribution < 1.29 is 27.9 Å². The van der Waals surface area contributed by atoms with Gasteiger partial charge in [0.2, 0.25) is 0 Å². The van der Waals surface area contributed by atoms with E-state index >= 15 is 0 Å². The van der Waals surface area contributed by atoms with Crippen molar-refractivity contribution in [3.05, 3.63) is 107 Å². The number of aliphatic hydroxyl groups excluding tert-OH is 1. The van der Waals surface area contributed by atoms with Gasteiger partial charge in [0.15, 0.2) is 0 Å². The standard InChI is InChI=1S/C24H24F3NO2/c1-28(14-17-3-2-4-22(27)13-17)15-23(29)16-30-24(18-5-9-20(25)10-6-18)19-7-11-21(26)12-8-19/h2-13,23-24,29H,14-16H2,1H3/p+1/t23-/m1/s1. The summed E-state index contributed by atoms with van der Waals surface area (Å²) in [5.41, 5.74) is 2.25. The number of benzene rings is 3. The number of likely N-dealkylation sites (N-methyl/N-ethyl adjacent to an activating group) is 1. The third-order valence-corrected chi connectivity index (χ3v) is 4.78. The van der Waals surface area contributed by atoms with Gasteiger partial charge in [-0.25, -0.2) is 13.2 Å². The van der Waals surface area contributed by atoms with Crippen LogP contribution in [0.25, 0.3) is 0 Å². The maximum atomic E-state index is 13.3. The Bertz CT molecular complexity index is 886. The summed E-state index contributed by atoms with van der Waals surface area (Å²) < 4.78 is 45.9. The Kier molecular flexibility index (Phi) is 7.63. The minimum atomic E-state index is -0.762. The Labute approximate surface area is 174 Å².